The fourth-order valence-corrected chi connectivity index (χ4v) is 3.30. The van der Waals surface area contributed by atoms with Gasteiger partial charge in [0.1, 0.15) is 12.3 Å². The molecule has 1 unspecified atom stereocenters. The topological polar surface area (TPSA) is 65.7 Å². The maximum atomic E-state index is 5.61. The summed E-state index contributed by atoms with van der Waals surface area (Å²) in [7, 11) is 0. The summed E-state index contributed by atoms with van der Waals surface area (Å²) in [6.45, 7) is 9.20. The van der Waals surface area contributed by atoms with Gasteiger partial charge in [-0.2, -0.15) is 0 Å². The van der Waals surface area contributed by atoms with Crippen molar-refractivity contribution in [2.24, 2.45) is 4.99 Å². The van der Waals surface area contributed by atoms with Gasteiger partial charge in [0.05, 0.1) is 5.69 Å². The van der Waals surface area contributed by atoms with Crippen molar-refractivity contribution in [2.45, 2.75) is 39.8 Å². The number of aryl methyl sites for hydroxylation is 2. The number of guanidine groups is 1. The van der Waals surface area contributed by atoms with E-state index in [0.717, 1.165) is 47.9 Å². The van der Waals surface area contributed by atoms with Crippen LogP contribution in [0.25, 0.3) is 0 Å². The monoisotopic (exact) mass is 419 g/mol. The molecule has 3 rings (SSSR count). The number of aliphatic imine (C=N–C) groups is 1. The fourth-order valence-electron chi connectivity index (χ4n) is 3.03. The Morgan fingerprint density at radius 1 is 1.35 bits per heavy atom. The Hall–Kier alpha value is -2.02. The molecule has 1 aromatic heterocycles. The summed E-state index contributed by atoms with van der Waals surface area (Å²) in [5, 5.41) is 6.85. The lowest BCUT2D eigenvalue weighted by Gasteiger charge is -2.20. The zero-order chi connectivity index (χ0) is 18.5. The zero-order valence-electron chi connectivity index (χ0n) is 15.6. The molecule has 2 heterocycles. The Balaban J connectivity index is 1.59. The van der Waals surface area contributed by atoms with Crippen LogP contribution in [0.5, 0.6) is 0 Å². The van der Waals surface area contributed by atoms with Crippen LogP contribution in [0.15, 0.2) is 38.1 Å². The number of oxazole rings is 1. The van der Waals surface area contributed by atoms with E-state index in [0.29, 0.717) is 18.5 Å². The zero-order valence-corrected chi connectivity index (χ0v) is 17.1. The first-order valence-corrected chi connectivity index (χ1v) is 9.82. The minimum atomic E-state index is 0.365. The molecule has 6 nitrogen and oxygen atoms in total. The van der Waals surface area contributed by atoms with Crippen molar-refractivity contribution < 1.29 is 4.42 Å². The van der Waals surface area contributed by atoms with Crippen molar-refractivity contribution in [3.8, 4) is 0 Å². The van der Waals surface area contributed by atoms with E-state index in [1.54, 1.807) is 0 Å². The number of anilines is 1. The third-order valence-electron chi connectivity index (χ3n) is 4.51. The Morgan fingerprint density at radius 2 is 2.12 bits per heavy atom. The molecule has 2 aromatic rings. The summed E-state index contributed by atoms with van der Waals surface area (Å²) in [5.74, 6) is 2.32. The van der Waals surface area contributed by atoms with E-state index in [9.17, 15) is 0 Å². The Kier molecular flexibility index (Phi) is 6.19. The molecule has 140 valence electrons. The smallest absolute Gasteiger partial charge is 0.216 e. The molecule has 0 radical (unpaired) electrons. The van der Waals surface area contributed by atoms with Gasteiger partial charge in [-0.05, 0) is 51.5 Å². The first-order valence-electron chi connectivity index (χ1n) is 9.03. The van der Waals surface area contributed by atoms with Gasteiger partial charge >= 0.3 is 0 Å². The van der Waals surface area contributed by atoms with Crippen LogP contribution in [0.2, 0.25) is 0 Å². The number of benzene rings is 1. The molecular formula is C19H26BrN5O. The third-order valence-corrected chi connectivity index (χ3v) is 5.04. The van der Waals surface area contributed by atoms with Crippen LogP contribution in [0, 0.1) is 13.8 Å². The molecule has 0 aliphatic carbocycles. The van der Waals surface area contributed by atoms with Gasteiger partial charge in [0.15, 0.2) is 5.96 Å². The summed E-state index contributed by atoms with van der Waals surface area (Å²) >= 11 is 3.49. The summed E-state index contributed by atoms with van der Waals surface area (Å²) in [4.78, 5) is 11.4. The predicted octanol–water partition coefficient (Wildman–Crippen LogP) is 3.39. The van der Waals surface area contributed by atoms with Crippen LogP contribution in [0.4, 0.5) is 5.69 Å². The van der Waals surface area contributed by atoms with Crippen molar-refractivity contribution in [3.63, 3.8) is 0 Å². The van der Waals surface area contributed by atoms with Crippen LogP contribution in [-0.4, -0.2) is 36.6 Å². The van der Waals surface area contributed by atoms with Gasteiger partial charge in [-0.15, -0.1) is 0 Å². The fraction of sp³-hybridized carbons (Fsp3) is 0.474. The molecule has 1 aliphatic heterocycles. The van der Waals surface area contributed by atoms with Crippen LogP contribution < -0.4 is 15.5 Å². The van der Waals surface area contributed by atoms with Crippen LogP contribution in [-0.2, 0) is 6.54 Å². The number of hydrogen-bond acceptors (Lipinski definition) is 4. The number of rotatable bonds is 5. The van der Waals surface area contributed by atoms with Gasteiger partial charge in [0.25, 0.3) is 0 Å². The van der Waals surface area contributed by atoms with Crippen molar-refractivity contribution >= 4 is 27.6 Å². The maximum Gasteiger partial charge on any atom is 0.216 e. The highest BCUT2D eigenvalue weighted by molar-refractivity contribution is 9.10. The van der Waals surface area contributed by atoms with Gasteiger partial charge in [0, 0.05) is 35.8 Å². The van der Waals surface area contributed by atoms with Gasteiger partial charge < -0.3 is 20.0 Å². The first kappa shape index (κ1) is 18.8. The quantitative estimate of drug-likeness (QED) is 0.574. The normalized spacial score (nSPS) is 17.6. The van der Waals surface area contributed by atoms with E-state index in [1.807, 2.05) is 13.8 Å². The predicted molar refractivity (Wildman–Crippen MR) is 109 cm³/mol. The molecule has 0 spiro atoms. The number of nitrogens with zero attached hydrogens (tertiary/aromatic N) is 3. The van der Waals surface area contributed by atoms with Crippen molar-refractivity contribution in [3.05, 3.63) is 46.1 Å². The summed E-state index contributed by atoms with van der Waals surface area (Å²) in [6.07, 6.45) is 1.08. The van der Waals surface area contributed by atoms with Crippen molar-refractivity contribution in [2.75, 3.05) is 24.5 Å². The molecular weight excluding hydrogens is 394 g/mol. The first-order chi connectivity index (χ1) is 12.5. The van der Waals surface area contributed by atoms with Crippen molar-refractivity contribution in [1.82, 2.24) is 15.6 Å². The van der Waals surface area contributed by atoms with Crippen LogP contribution in [0.1, 0.15) is 30.7 Å². The standard InChI is InChI=1S/C19H26BrN5O/c1-4-21-19(22-11-18-23-13(2)14(3)26-18)24-16-9-10-25(12-16)17-7-5-15(20)6-8-17/h5-8,16H,4,9-12H2,1-3H3,(H2,21,22,24). The van der Waals surface area contributed by atoms with E-state index in [4.69, 9.17) is 4.42 Å². The number of halogens is 1. The van der Waals surface area contributed by atoms with Crippen LogP contribution in [0.3, 0.4) is 0 Å². The summed E-state index contributed by atoms with van der Waals surface area (Å²) < 4.78 is 6.72. The van der Waals surface area contributed by atoms with E-state index in [-0.39, 0.29) is 0 Å². The largest absolute Gasteiger partial charge is 0.444 e. The number of aromatic nitrogens is 1. The molecule has 2 N–H and O–H groups in total. The number of hydrogen-bond donors (Lipinski definition) is 2. The molecule has 1 aromatic carbocycles. The molecule has 0 saturated carbocycles. The Labute approximate surface area is 163 Å². The molecule has 1 atom stereocenters. The third kappa shape index (κ3) is 4.78. The van der Waals surface area contributed by atoms with Gasteiger partial charge in [-0.1, -0.05) is 15.9 Å². The second-order valence-electron chi connectivity index (χ2n) is 6.50. The molecule has 0 bridgehead atoms. The lowest BCUT2D eigenvalue weighted by Crippen LogP contribution is -2.44. The average Bonchev–Trinajstić information content (AvgIpc) is 3.20. The summed E-state index contributed by atoms with van der Waals surface area (Å²) in [6, 6.07) is 8.84. The van der Waals surface area contributed by atoms with Gasteiger partial charge in [-0.25, -0.2) is 9.98 Å². The summed E-state index contributed by atoms with van der Waals surface area (Å²) in [5.41, 5.74) is 2.18. The minimum Gasteiger partial charge on any atom is -0.444 e. The lowest BCUT2D eigenvalue weighted by atomic mass is 10.3. The maximum absolute atomic E-state index is 5.61. The van der Waals surface area contributed by atoms with E-state index in [1.165, 1.54) is 5.69 Å². The van der Waals surface area contributed by atoms with Crippen LogP contribution >= 0.6 is 15.9 Å². The molecule has 1 fully saturated rings. The lowest BCUT2D eigenvalue weighted by molar-refractivity contribution is 0.472. The Morgan fingerprint density at radius 3 is 2.77 bits per heavy atom. The molecule has 1 aliphatic rings. The van der Waals surface area contributed by atoms with E-state index in [2.05, 4.69) is 72.6 Å². The molecule has 1 saturated heterocycles. The molecule has 0 amide bonds. The second kappa shape index (κ2) is 8.58. The Bertz CT molecular complexity index is 736. The number of nitrogens with one attached hydrogen (secondary N) is 2. The van der Waals surface area contributed by atoms with E-state index >= 15 is 0 Å². The highest BCUT2D eigenvalue weighted by Gasteiger charge is 2.23. The van der Waals surface area contributed by atoms with Crippen molar-refractivity contribution in [1.29, 1.82) is 0 Å². The highest BCUT2D eigenvalue weighted by atomic mass is 79.9. The van der Waals surface area contributed by atoms with Gasteiger partial charge in [0.2, 0.25) is 5.89 Å². The molecule has 26 heavy (non-hydrogen) atoms. The van der Waals surface area contributed by atoms with E-state index < -0.39 is 0 Å². The minimum absolute atomic E-state index is 0.365. The second-order valence-corrected chi connectivity index (χ2v) is 7.41. The molecule has 7 heteroatoms. The average molecular weight is 420 g/mol. The van der Waals surface area contributed by atoms with Gasteiger partial charge in [-0.3, -0.25) is 0 Å². The highest BCUT2D eigenvalue weighted by Crippen LogP contribution is 2.22. The SMILES string of the molecule is CCNC(=NCc1nc(C)c(C)o1)NC1CCN(c2ccc(Br)cc2)C1.